The van der Waals surface area contributed by atoms with E-state index < -0.39 is 0 Å². The monoisotopic (exact) mass is 403 g/mol. The topological polar surface area (TPSA) is 105 Å². The highest BCUT2D eigenvalue weighted by Crippen LogP contribution is 2.15. The lowest BCUT2D eigenvalue weighted by molar-refractivity contribution is -0.118. The molecule has 0 aliphatic carbocycles. The molecular weight excluding hydrogens is 382 g/mol. The fourth-order valence-corrected chi connectivity index (χ4v) is 3.08. The molecule has 0 saturated carbocycles. The molecule has 9 heteroatoms. The van der Waals surface area contributed by atoms with Crippen LogP contribution >= 0.6 is 0 Å². The van der Waals surface area contributed by atoms with Crippen LogP contribution in [0.25, 0.3) is 0 Å². The van der Waals surface area contributed by atoms with E-state index in [-0.39, 0.29) is 24.2 Å². The summed E-state index contributed by atoms with van der Waals surface area (Å²) in [6.07, 6.45) is 3.13. The quantitative estimate of drug-likeness (QED) is 0.644. The standard InChI is InChI=1S/C21H21N7O2/c1-15-6-8-18(9-7-15)28-19(29)11-23-20(26-28)21(30)24-10-16-4-2-3-5-17(16)12-27-14-22-13-25-27/h2-9,13-14H,10-12H2,1H3,(H,23,26)(H,24,30). The van der Waals surface area contributed by atoms with Crippen LogP contribution in [0.3, 0.4) is 0 Å². The molecular formula is C21H21N7O2. The molecule has 0 unspecified atom stereocenters. The first-order chi connectivity index (χ1) is 14.6. The van der Waals surface area contributed by atoms with Gasteiger partial charge in [0.25, 0.3) is 11.8 Å². The summed E-state index contributed by atoms with van der Waals surface area (Å²) in [7, 11) is 0. The number of hydrogen-bond acceptors (Lipinski definition) is 6. The van der Waals surface area contributed by atoms with Crippen LogP contribution in [-0.4, -0.2) is 39.0 Å². The first kappa shape index (κ1) is 19.3. The number of hydrazine groups is 1. The number of anilines is 1. The third-order valence-electron chi connectivity index (χ3n) is 4.70. The van der Waals surface area contributed by atoms with E-state index in [9.17, 15) is 9.59 Å². The Morgan fingerprint density at radius 3 is 2.63 bits per heavy atom. The number of amides is 2. The molecule has 2 N–H and O–H groups in total. The molecule has 152 valence electrons. The lowest BCUT2D eigenvalue weighted by Gasteiger charge is -2.27. The van der Waals surface area contributed by atoms with Gasteiger partial charge in [-0.2, -0.15) is 5.10 Å². The SMILES string of the molecule is Cc1ccc(N2NC(C(=O)NCc3ccccc3Cn3cncn3)=NCC2=O)cc1. The van der Waals surface area contributed by atoms with Crippen LogP contribution in [-0.2, 0) is 22.7 Å². The van der Waals surface area contributed by atoms with Gasteiger partial charge in [0, 0.05) is 6.54 Å². The molecule has 0 bridgehead atoms. The number of rotatable bonds is 6. The second-order valence-corrected chi connectivity index (χ2v) is 6.89. The molecule has 2 heterocycles. The molecule has 2 amide bonds. The molecule has 1 aliphatic heterocycles. The Morgan fingerprint density at radius 1 is 1.13 bits per heavy atom. The fourth-order valence-electron chi connectivity index (χ4n) is 3.08. The number of hydrogen-bond donors (Lipinski definition) is 2. The zero-order valence-corrected chi connectivity index (χ0v) is 16.4. The van der Waals surface area contributed by atoms with Gasteiger partial charge in [-0.3, -0.25) is 20.0 Å². The molecule has 0 radical (unpaired) electrons. The molecule has 9 nitrogen and oxygen atoms in total. The van der Waals surface area contributed by atoms with Gasteiger partial charge >= 0.3 is 0 Å². The lowest BCUT2D eigenvalue weighted by atomic mass is 10.1. The molecule has 4 rings (SSSR count). The highest BCUT2D eigenvalue weighted by molar-refractivity contribution is 6.39. The van der Waals surface area contributed by atoms with Gasteiger partial charge < -0.3 is 5.32 Å². The predicted molar refractivity (Wildman–Crippen MR) is 112 cm³/mol. The van der Waals surface area contributed by atoms with Gasteiger partial charge in [0.2, 0.25) is 5.84 Å². The number of benzene rings is 2. The van der Waals surface area contributed by atoms with E-state index in [0.29, 0.717) is 18.8 Å². The zero-order chi connectivity index (χ0) is 20.9. The number of nitrogens with zero attached hydrogens (tertiary/aromatic N) is 5. The van der Waals surface area contributed by atoms with E-state index in [1.807, 2.05) is 55.5 Å². The van der Waals surface area contributed by atoms with Gasteiger partial charge in [0.05, 0.1) is 12.2 Å². The van der Waals surface area contributed by atoms with Crippen LogP contribution in [0.4, 0.5) is 5.69 Å². The average molecular weight is 403 g/mol. The van der Waals surface area contributed by atoms with Crippen molar-refractivity contribution in [3.05, 3.63) is 77.9 Å². The molecule has 1 aromatic heterocycles. The minimum Gasteiger partial charge on any atom is -0.345 e. The van der Waals surface area contributed by atoms with Crippen LogP contribution in [0.15, 0.2) is 66.2 Å². The number of carbonyl (C=O) groups excluding carboxylic acids is 2. The van der Waals surface area contributed by atoms with Gasteiger partial charge in [-0.15, -0.1) is 0 Å². The van der Waals surface area contributed by atoms with E-state index in [4.69, 9.17) is 0 Å². The average Bonchev–Trinajstić information content (AvgIpc) is 3.27. The summed E-state index contributed by atoms with van der Waals surface area (Å²) in [6, 6.07) is 15.2. The Hall–Kier alpha value is -4.01. The van der Waals surface area contributed by atoms with Crippen molar-refractivity contribution in [3.8, 4) is 0 Å². The van der Waals surface area contributed by atoms with Gasteiger partial charge in [-0.05, 0) is 30.2 Å². The zero-order valence-electron chi connectivity index (χ0n) is 16.4. The number of aliphatic imine (C=N–C) groups is 1. The number of carbonyl (C=O) groups is 2. The van der Waals surface area contributed by atoms with E-state index in [0.717, 1.165) is 16.7 Å². The van der Waals surface area contributed by atoms with E-state index in [1.165, 1.54) is 11.3 Å². The van der Waals surface area contributed by atoms with Crippen LogP contribution in [0.5, 0.6) is 0 Å². The largest absolute Gasteiger partial charge is 0.345 e. The number of aryl methyl sites for hydroxylation is 1. The Morgan fingerprint density at radius 2 is 1.90 bits per heavy atom. The molecule has 0 saturated heterocycles. The predicted octanol–water partition coefficient (Wildman–Crippen LogP) is 1.20. The minimum atomic E-state index is -0.379. The van der Waals surface area contributed by atoms with Gasteiger partial charge in [-0.1, -0.05) is 42.0 Å². The first-order valence-electron chi connectivity index (χ1n) is 9.48. The maximum Gasteiger partial charge on any atom is 0.288 e. The van der Waals surface area contributed by atoms with Crippen molar-refractivity contribution in [1.82, 2.24) is 25.5 Å². The summed E-state index contributed by atoms with van der Waals surface area (Å²) < 4.78 is 1.72. The Labute approximate surface area is 173 Å². The second-order valence-electron chi connectivity index (χ2n) is 6.89. The third kappa shape index (κ3) is 4.35. The molecule has 30 heavy (non-hydrogen) atoms. The smallest absolute Gasteiger partial charge is 0.288 e. The number of nitrogens with one attached hydrogen (secondary N) is 2. The molecule has 1 aliphatic rings. The number of aromatic nitrogens is 3. The van der Waals surface area contributed by atoms with Gasteiger partial charge in [0.1, 0.15) is 19.2 Å². The van der Waals surface area contributed by atoms with Crippen molar-refractivity contribution in [1.29, 1.82) is 0 Å². The summed E-state index contributed by atoms with van der Waals surface area (Å²) in [5.41, 5.74) is 6.55. The van der Waals surface area contributed by atoms with Crippen molar-refractivity contribution >= 4 is 23.3 Å². The third-order valence-corrected chi connectivity index (χ3v) is 4.70. The van der Waals surface area contributed by atoms with Crippen molar-refractivity contribution in [2.24, 2.45) is 4.99 Å². The summed E-state index contributed by atoms with van der Waals surface area (Å²) in [5.74, 6) is -0.507. The molecule has 0 fully saturated rings. The summed E-state index contributed by atoms with van der Waals surface area (Å²) in [6.45, 7) is 2.76. The van der Waals surface area contributed by atoms with Gasteiger partial charge in [0.15, 0.2) is 0 Å². The van der Waals surface area contributed by atoms with Crippen LogP contribution < -0.4 is 15.8 Å². The Balaban J connectivity index is 1.42. The Bertz CT molecular complexity index is 1070. The molecule has 2 aromatic carbocycles. The summed E-state index contributed by atoms with van der Waals surface area (Å²) in [5, 5.41) is 8.34. The van der Waals surface area contributed by atoms with Crippen LogP contribution in [0.1, 0.15) is 16.7 Å². The molecule has 0 atom stereocenters. The maximum atomic E-state index is 12.7. The second kappa shape index (κ2) is 8.56. The van der Waals surface area contributed by atoms with Gasteiger partial charge in [-0.25, -0.2) is 14.7 Å². The summed E-state index contributed by atoms with van der Waals surface area (Å²) in [4.78, 5) is 32.9. The highest BCUT2D eigenvalue weighted by atomic mass is 16.2. The van der Waals surface area contributed by atoms with E-state index in [2.05, 4.69) is 25.8 Å². The van der Waals surface area contributed by atoms with Crippen molar-refractivity contribution in [2.75, 3.05) is 11.6 Å². The fraction of sp³-hybridized carbons (Fsp3) is 0.190. The van der Waals surface area contributed by atoms with E-state index >= 15 is 0 Å². The maximum absolute atomic E-state index is 12.7. The Kier molecular flexibility index (Phi) is 5.51. The van der Waals surface area contributed by atoms with Crippen molar-refractivity contribution in [3.63, 3.8) is 0 Å². The minimum absolute atomic E-state index is 0.0908. The van der Waals surface area contributed by atoms with Crippen LogP contribution in [0.2, 0.25) is 0 Å². The molecule has 3 aromatic rings. The molecule has 0 spiro atoms. The lowest BCUT2D eigenvalue weighted by Crippen LogP contribution is -2.55. The summed E-state index contributed by atoms with van der Waals surface area (Å²) >= 11 is 0. The van der Waals surface area contributed by atoms with Crippen molar-refractivity contribution in [2.45, 2.75) is 20.0 Å². The van der Waals surface area contributed by atoms with Crippen molar-refractivity contribution < 1.29 is 9.59 Å². The first-order valence-corrected chi connectivity index (χ1v) is 9.48. The highest BCUT2D eigenvalue weighted by Gasteiger charge is 2.25. The number of amidine groups is 1. The van der Waals surface area contributed by atoms with E-state index in [1.54, 1.807) is 11.0 Å². The normalized spacial score (nSPS) is 13.6. The van der Waals surface area contributed by atoms with Crippen LogP contribution in [0, 0.1) is 6.92 Å².